The molecule has 0 saturated heterocycles. The van der Waals surface area contributed by atoms with E-state index in [1.165, 1.54) is 24.3 Å². The molecule has 0 spiro atoms. The SMILES string of the molecule is Nc1c(S(=O)(=O)O)cc(NC(=O)c2ccccc2)c2c1C(=O)c1ccccc1C2=O.[Na+]. The van der Waals surface area contributed by atoms with Crippen LogP contribution in [-0.2, 0) is 10.1 Å². The van der Waals surface area contributed by atoms with Gasteiger partial charge >= 0.3 is 29.6 Å². The maximum Gasteiger partial charge on any atom is 1.00 e. The zero-order valence-corrected chi connectivity index (χ0v) is 19.1. The normalized spacial score (nSPS) is 12.4. The van der Waals surface area contributed by atoms with Crippen LogP contribution in [0.15, 0.2) is 65.6 Å². The molecule has 0 aliphatic heterocycles. The van der Waals surface area contributed by atoms with Gasteiger partial charge in [0.25, 0.3) is 16.0 Å². The minimum atomic E-state index is -4.85. The second kappa shape index (κ2) is 8.37. The topological polar surface area (TPSA) is 144 Å². The molecule has 0 atom stereocenters. The summed E-state index contributed by atoms with van der Waals surface area (Å²) in [6.07, 6.45) is 0. The van der Waals surface area contributed by atoms with Crippen LogP contribution in [0.3, 0.4) is 0 Å². The molecule has 0 heterocycles. The van der Waals surface area contributed by atoms with E-state index in [4.69, 9.17) is 5.73 Å². The number of ketones is 2. The number of carbonyl (C=O) groups is 3. The van der Waals surface area contributed by atoms with Crippen molar-refractivity contribution in [3.8, 4) is 0 Å². The fraction of sp³-hybridized carbons (Fsp3) is 0. The van der Waals surface area contributed by atoms with Crippen molar-refractivity contribution in [1.29, 1.82) is 0 Å². The predicted octanol–water partition coefficient (Wildman–Crippen LogP) is -0.453. The van der Waals surface area contributed by atoms with Gasteiger partial charge in [-0.05, 0) is 18.2 Å². The molecule has 0 fully saturated rings. The van der Waals surface area contributed by atoms with E-state index in [2.05, 4.69) is 5.32 Å². The Labute approximate surface area is 199 Å². The van der Waals surface area contributed by atoms with Crippen LogP contribution < -0.4 is 40.6 Å². The average molecular weight is 445 g/mol. The molecule has 0 unspecified atom stereocenters. The smallest absolute Gasteiger partial charge is 0.397 e. The third-order valence-electron chi connectivity index (χ3n) is 4.76. The van der Waals surface area contributed by atoms with Crippen molar-refractivity contribution >= 4 is 39.0 Å². The number of rotatable bonds is 3. The Morgan fingerprint density at radius 3 is 1.94 bits per heavy atom. The Morgan fingerprint density at radius 2 is 1.39 bits per heavy atom. The second-order valence-electron chi connectivity index (χ2n) is 6.58. The molecular weight excluding hydrogens is 431 g/mol. The molecule has 4 N–H and O–H groups in total. The summed E-state index contributed by atoms with van der Waals surface area (Å²) in [5.41, 5.74) is 4.87. The van der Waals surface area contributed by atoms with Crippen LogP contribution in [0.25, 0.3) is 0 Å². The van der Waals surface area contributed by atoms with E-state index in [0.29, 0.717) is 0 Å². The van der Waals surface area contributed by atoms with Gasteiger partial charge in [-0.2, -0.15) is 8.42 Å². The maximum atomic E-state index is 13.1. The van der Waals surface area contributed by atoms with Gasteiger partial charge < -0.3 is 11.1 Å². The third kappa shape index (κ3) is 3.93. The predicted molar refractivity (Wildman–Crippen MR) is 108 cm³/mol. The van der Waals surface area contributed by atoms with Gasteiger partial charge in [-0.25, -0.2) is 0 Å². The molecule has 0 radical (unpaired) electrons. The van der Waals surface area contributed by atoms with Gasteiger partial charge in [-0.1, -0.05) is 42.5 Å². The van der Waals surface area contributed by atoms with Crippen LogP contribution in [0.2, 0.25) is 0 Å². The third-order valence-corrected chi connectivity index (χ3v) is 5.66. The van der Waals surface area contributed by atoms with Crippen molar-refractivity contribution < 1.29 is 56.9 Å². The summed E-state index contributed by atoms with van der Waals surface area (Å²) in [5.74, 6) is -1.92. The number of hydrogen-bond donors (Lipinski definition) is 3. The summed E-state index contributed by atoms with van der Waals surface area (Å²) in [7, 11) is -4.85. The van der Waals surface area contributed by atoms with Crippen molar-refractivity contribution in [2.45, 2.75) is 4.90 Å². The fourth-order valence-electron chi connectivity index (χ4n) is 3.39. The zero-order chi connectivity index (χ0) is 21.6. The summed E-state index contributed by atoms with van der Waals surface area (Å²) >= 11 is 0. The van der Waals surface area contributed by atoms with E-state index in [-0.39, 0.29) is 63.1 Å². The summed E-state index contributed by atoms with van der Waals surface area (Å²) < 4.78 is 33.3. The van der Waals surface area contributed by atoms with E-state index in [0.717, 1.165) is 6.07 Å². The first-order valence-electron chi connectivity index (χ1n) is 8.69. The fourth-order valence-corrected chi connectivity index (χ4v) is 4.04. The van der Waals surface area contributed by atoms with Gasteiger partial charge in [0.1, 0.15) is 4.90 Å². The van der Waals surface area contributed by atoms with Crippen molar-refractivity contribution in [3.05, 3.63) is 88.5 Å². The summed E-state index contributed by atoms with van der Waals surface area (Å²) in [4.78, 5) is 38.0. The van der Waals surface area contributed by atoms with E-state index < -0.39 is 38.2 Å². The number of nitrogens with two attached hydrogens (primary N) is 1. The average Bonchev–Trinajstić information content (AvgIpc) is 2.72. The summed E-state index contributed by atoms with van der Waals surface area (Å²) in [6.45, 7) is 0. The van der Waals surface area contributed by atoms with Crippen molar-refractivity contribution in [3.63, 3.8) is 0 Å². The number of nitrogens with one attached hydrogen (secondary N) is 1. The monoisotopic (exact) mass is 445 g/mol. The Hall–Kier alpha value is -2.82. The standard InChI is InChI=1S/C21H14N2O6S.Na/c22-18-15(30(27,28)29)10-14(23-21(26)11-6-2-1-3-7-11)16-17(18)20(25)13-9-5-4-8-12(13)19(16)24;/h1-10H,22H2,(H,23,26)(H,27,28,29);/q;+1. The van der Waals surface area contributed by atoms with E-state index in [1.807, 2.05) is 0 Å². The van der Waals surface area contributed by atoms with E-state index in [9.17, 15) is 27.4 Å². The minimum absolute atomic E-state index is 0. The molecule has 31 heavy (non-hydrogen) atoms. The molecule has 4 rings (SSSR count). The molecule has 1 aliphatic carbocycles. The number of anilines is 2. The Morgan fingerprint density at radius 1 is 0.871 bits per heavy atom. The largest absolute Gasteiger partial charge is 1.00 e. The molecule has 0 saturated carbocycles. The zero-order valence-electron chi connectivity index (χ0n) is 16.2. The van der Waals surface area contributed by atoms with Gasteiger partial charge in [0.05, 0.1) is 22.5 Å². The maximum absolute atomic E-state index is 13.1. The van der Waals surface area contributed by atoms with E-state index >= 15 is 0 Å². The summed E-state index contributed by atoms with van der Waals surface area (Å²) in [6, 6.07) is 14.9. The Bertz CT molecular complexity index is 1350. The molecule has 3 aromatic rings. The molecule has 150 valence electrons. The number of amides is 1. The quantitative estimate of drug-likeness (QED) is 0.220. The first-order chi connectivity index (χ1) is 14.2. The molecule has 10 heteroatoms. The number of fused-ring (bicyclic) bond motifs is 2. The molecule has 1 aliphatic rings. The first kappa shape index (κ1) is 22.9. The molecular formula is C21H14N2NaO6S+. The first-order valence-corrected chi connectivity index (χ1v) is 10.1. The summed E-state index contributed by atoms with van der Waals surface area (Å²) in [5, 5.41) is 2.46. The van der Waals surface area contributed by atoms with Gasteiger partial charge in [-0.15, -0.1) is 0 Å². The molecule has 0 aromatic heterocycles. The Kier molecular flexibility index (Phi) is 6.17. The molecule has 0 bridgehead atoms. The molecule has 8 nitrogen and oxygen atoms in total. The van der Waals surface area contributed by atoms with Crippen molar-refractivity contribution in [2.24, 2.45) is 0 Å². The van der Waals surface area contributed by atoms with Crippen LogP contribution in [0.4, 0.5) is 11.4 Å². The van der Waals surface area contributed by atoms with E-state index in [1.54, 1.807) is 30.3 Å². The number of hydrogen-bond acceptors (Lipinski definition) is 6. The van der Waals surface area contributed by atoms with Crippen molar-refractivity contribution in [1.82, 2.24) is 0 Å². The minimum Gasteiger partial charge on any atom is -0.397 e. The van der Waals surface area contributed by atoms with Gasteiger partial charge in [0.15, 0.2) is 11.6 Å². The molecule has 1 amide bonds. The van der Waals surface area contributed by atoms with Crippen LogP contribution in [0.1, 0.15) is 42.2 Å². The second-order valence-corrected chi connectivity index (χ2v) is 7.97. The van der Waals surface area contributed by atoms with Crippen LogP contribution in [0.5, 0.6) is 0 Å². The van der Waals surface area contributed by atoms with Gasteiger partial charge in [-0.3, -0.25) is 18.9 Å². The number of carbonyl (C=O) groups excluding carboxylic acids is 3. The van der Waals surface area contributed by atoms with Crippen molar-refractivity contribution in [2.75, 3.05) is 11.1 Å². The number of benzene rings is 3. The molecule has 3 aromatic carbocycles. The number of nitrogen functional groups attached to an aromatic ring is 1. The van der Waals surface area contributed by atoms with Crippen LogP contribution >= 0.6 is 0 Å². The van der Waals surface area contributed by atoms with Gasteiger partial charge in [0, 0.05) is 16.7 Å². The van der Waals surface area contributed by atoms with Crippen LogP contribution in [0, 0.1) is 0 Å². The Balaban J connectivity index is 0.00000272. The van der Waals surface area contributed by atoms with Gasteiger partial charge in [0.2, 0.25) is 0 Å². The van der Waals surface area contributed by atoms with Crippen LogP contribution in [-0.4, -0.2) is 30.4 Å².